The Balaban J connectivity index is 2.25. The lowest BCUT2D eigenvalue weighted by Gasteiger charge is -2.40. The van der Waals surface area contributed by atoms with Gasteiger partial charge in [0.1, 0.15) is 6.10 Å². The van der Waals surface area contributed by atoms with Crippen LogP contribution in [0, 0.1) is 11.8 Å². The van der Waals surface area contributed by atoms with Crippen LogP contribution in [0.1, 0.15) is 66.2 Å². The van der Waals surface area contributed by atoms with Crippen LogP contribution in [0.25, 0.3) is 0 Å². The number of aliphatic hydroxyl groups excluding tert-OH is 1. The Morgan fingerprint density at radius 1 is 1.29 bits per heavy atom. The molecule has 2 rings (SSSR count). The van der Waals surface area contributed by atoms with E-state index < -0.39 is 17.8 Å². The van der Waals surface area contributed by atoms with Crippen molar-refractivity contribution in [3.8, 4) is 0 Å². The normalized spacial score (nSPS) is 39.3. The Hall–Kier alpha value is -1.13. The molecule has 1 saturated heterocycles. The molecule has 1 heterocycles. The average Bonchev–Trinajstić information content (AvgIpc) is 2.52. The largest absolute Gasteiger partial charge is 0.459 e. The summed E-state index contributed by atoms with van der Waals surface area (Å²) in [5.74, 6) is -0.250. The number of hydrogen-bond acceptors (Lipinski definition) is 4. The number of esters is 1. The van der Waals surface area contributed by atoms with E-state index >= 15 is 0 Å². The van der Waals surface area contributed by atoms with Gasteiger partial charge in [-0.2, -0.15) is 0 Å². The van der Waals surface area contributed by atoms with E-state index in [0.29, 0.717) is 19.3 Å². The van der Waals surface area contributed by atoms with E-state index in [9.17, 15) is 15.0 Å². The molecule has 2 aliphatic rings. The zero-order valence-electron chi connectivity index (χ0n) is 15.4. The van der Waals surface area contributed by atoms with Gasteiger partial charge in [0.2, 0.25) is 0 Å². The predicted octanol–water partition coefficient (Wildman–Crippen LogP) is 3.52. The molecule has 1 aliphatic carbocycles. The van der Waals surface area contributed by atoms with Gasteiger partial charge in [0.25, 0.3) is 0 Å². The zero-order chi connectivity index (χ0) is 17.9. The molecule has 136 valence electrons. The van der Waals surface area contributed by atoms with Crippen molar-refractivity contribution in [1.82, 2.24) is 0 Å². The van der Waals surface area contributed by atoms with Crippen molar-refractivity contribution >= 4 is 5.97 Å². The molecule has 0 radical (unpaired) electrons. The number of fused-ring (bicyclic) bond motifs is 2. The molecule has 0 aromatic heterocycles. The molecular weight excluding hydrogens is 304 g/mol. The minimum absolute atomic E-state index is 0.144. The van der Waals surface area contributed by atoms with Gasteiger partial charge in [-0.25, -0.2) is 0 Å². The Kier molecular flexibility index (Phi) is 6.27. The molecule has 2 N–H and O–H groups in total. The summed E-state index contributed by atoms with van der Waals surface area (Å²) in [4.78, 5) is 12.2. The second kappa shape index (κ2) is 7.83. The minimum atomic E-state index is -1.01. The summed E-state index contributed by atoms with van der Waals surface area (Å²) in [5, 5.41) is 21.1. The van der Waals surface area contributed by atoms with E-state index in [1.54, 1.807) is 6.92 Å². The molecule has 4 nitrogen and oxygen atoms in total. The van der Waals surface area contributed by atoms with Crippen molar-refractivity contribution in [3.63, 3.8) is 0 Å². The third-order valence-electron chi connectivity index (χ3n) is 5.77. The molecule has 1 fully saturated rings. The first-order valence-electron chi connectivity index (χ1n) is 9.14. The highest BCUT2D eigenvalue weighted by Gasteiger charge is 2.43. The second-order valence-electron chi connectivity index (χ2n) is 7.89. The zero-order valence-corrected chi connectivity index (χ0v) is 15.4. The average molecular weight is 336 g/mol. The number of carbonyl (C=O) groups excluding carboxylic acids is 1. The highest BCUT2D eigenvalue weighted by atomic mass is 16.6. The Morgan fingerprint density at radius 3 is 2.71 bits per heavy atom. The molecule has 0 amide bonds. The fraction of sp³-hybridized carbons (Fsp3) is 0.750. The van der Waals surface area contributed by atoms with Gasteiger partial charge in [-0.3, -0.25) is 4.79 Å². The van der Waals surface area contributed by atoms with E-state index in [2.05, 4.69) is 19.1 Å². The van der Waals surface area contributed by atoms with Crippen molar-refractivity contribution in [1.29, 1.82) is 0 Å². The Labute approximate surface area is 145 Å². The molecule has 4 heteroatoms. The third kappa shape index (κ3) is 4.70. The van der Waals surface area contributed by atoms with E-state index in [0.717, 1.165) is 24.8 Å². The van der Waals surface area contributed by atoms with Crippen LogP contribution in [0.4, 0.5) is 0 Å². The fourth-order valence-corrected chi connectivity index (χ4v) is 3.59. The van der Waals surface area contributed by atoms with Crippen molar-refractivity contribution in [2.45, 2.75) is 84.0 Å². The van der Waals surface area contributed by atoms with Gasteiger partial charge in [-0.15, -0.1) is 0 Å². The molecule has 0 spiro atoms. The second-order valence-corrected chi connectivity index (χ2v) is 7.89. The summed E-state index contributed by atoms with van der Waals surface area (Å²) >= 11 is 0. The SMILES string of the molecule is CC1=CCCC(C)(O)C2CC(CC=C(C)C(O)CC1)C(C)C(=O)O2. The number of hydrogen-bond donors (Lipinski definition) is 2. The van der Waals surface area contributed by atoms with Gasteiger partial charge >= 0.3 is 5.97 Å². The van der Waals surface area contributed by atoms with E-state index in [-0.39, 0.29) is 17.8 Å². The van der Waals surface area contributed by atoms with Crippen LogP contribution in [0.2, 0.25) is 0 Å². The number of allylic oxidation sites excluding steroid dienone is 3. The minimum Gasteiger partial charge on any atom is -0.459 e. The van der Waals surface area contributed by atoms with Gasteiger partial charge < -0.3 is 14.9 Å². The lowest BCUT2D eigenvalue weighted by molar-refractivity contribution is -0.183. The molecule has 1 aliphatic heterocycles. The molecule has 2 bridgehead atoms. The predicted molar refractivity (Wildman–Crippen MR) is 94.4 cm³/mol. The van der Waals surface area contributed by atoms with Crippen LogP contribution in [-0.4, -0.2) is 34.0 Å². The maximum absolute atomic E-state index is 12.2. The summed E-state index contributed by atoms with van der Waals surface area (Å²) in [6.07, 6.45) is 7.58. The summed E-state index contributed by atoms with van der Waals surface area (Å²) in [5.41, 5.74) is 1.18. The molecular formula is C20H32O4. The van der Waals surface area contributed by atoms with Gasteiger partial charge in [0.15, 0.2) is 0 Å². The number of carbonyl (C=O) groups is 1. The molecule has 0 aromatic carbocycles. The van der Waals surface area contributed by atoms with Crippen LogP contribution in [-0.2, 0) is 9.53 Å². The third-order valence-corrected chi connectivity index (χ3v) is 5.77. The van der Waals surface area contributed by atoms with Crippen molar-refractivity contribution in [2.75, 3.05) is 0 Å². The Morgan fingerprint density at radius 2 is 2.00 bits per heavy atom. The van der Waals surface area contributed by atoms with E-state index in [4.69, 9.17) is 4.74 Å². The van der Waals surface area contributed by atoms with E-state index in [1.165, 1.54) is 5.57 Å². The molecule has 5 atom stereocenters. The number of aliphatic hydroxyl groups is 2. The maximum Gasteiger partial charge on any atom is 0.309 e. The summed E-state index contributed by atoms with van der Waals surface area (Å²) < 4.78 is 5.54. The first-order chi connectivity index (χ1) is 11.2. The number of rotatable bonds is 0. The topological polar surface area (TPSA) is 66.8 Å². The van der Waals surface area contributed by atoms with Crippen molar-refractivity contribution in [3.05, 3.63) is 23.3 Å². The lowest BCUT2D eigenvalue weighted by Crippen LogP contribution is -2.49. The highest BCUT2D eigenvalue weighted by Crippen LogP contribution is 2.36. The van der Waals surface area contributed by atoms with Gasteiger partial charge in [0.05, 0.1) is 17.6 Å². The quantitative estimate of drug-likeness (QED) is 0.525. The Bertz CT molecular complexity index is 518. The molecule has 0 saturated carbocycles. The molecule has 5 unspecified atom stereocenters. The van der Waals surface area contributed by atoms with Gasteiger partial charge in [-0.05, 0) is 70.8 Å². The molecule has 24 heavy (non-hydrogen) atoms. The van der Waals surface area contributed by atoms with Crippen LogP contribution < -0.4 is 0 Å². The first kappa shape index (κ1) is 19.2. The summed E-state index contributed by atoms with van der Waals surface area (Å²) in [7, 11) is 0. The van der Waals surface area contributed by atoms with Gasteiger partial charge in [-0.1, -0.05) is 24.6 Å². The van der Waals surface area contributed by atoms with Crippen molar-refractivity contribution in [2.24, 2.45) is 11.8 Å². The van der Waals surface area contributed by atoms with Crippen LogP contribution >= 0.6 is 0 Å². The fourth-order valence-electron chi connectivity index (χ4n) is 3.59. The van der Waals surface area contributed by atoms with Crippen LogP contribution in [0.5, 0.6) is 0 Å². The van der Waals surface area contributed by atoms with E-state index in [1.807, 2.05) is 13.8 Å². The standard InChI is InChI=1S/C20H32O4/c1-13-6-5-11-20(4,23)18-12-16(15(3)19(22)24-18)9-8-14(2)17(21)10-7-13/h6,8,15-18,21,23H,5,7,9-12H2,1-4H3. The van der Waals surface area contributed by atoms with Crippen LogP contribution in [0.3, 0.4) is 0 Å². The smallest absolute Gasteiger partial charge is 0.309 e. The highest BCUT2D eigenvalue weighted by molar-refractivity contribution is 5.73. The van der Waals surface area contributed by atoms with Crippen molar-refractivity contribution < 1.29 is 19.7 Å². The number of ether oxygens (including phenoxy) is 1. The lowest BCUT2D eigenvalue weighted by atomic mass is 9.78. The summed E-state index contributed by atoms with van der Waals surface area (Å²) in [6, 6.07) is 0. The molecule has 0 aromatic rings. The monoisotopic (exact) mass is 336 g/mol. The first-order valence-corrected chi connectivity index (χ1v) is 9.14. The summed E-state index contributed by atoms with van der Waals surface area (Å²) in [6.45, 7) is 7.68. The van der Waals surface area contributed by atoms with Crippen LogP contribution in [0.15, 0.2) is 23.3 Å². The van der Waals surface area contributed by atoms with Gasteiger partial charge in [0, 0.05) is 0 Å². The maximum atomic E-state index is 12.2.